The van der Waals surface area contributed by atoms with Crippen molar-refractivity contribution in [3.05, 3.63) is 11.1 Å². The molecule has 0 aliphatic carbocycles. The fourth-order valence-electron chi connectivity index (χ4n) is 1.90. The molecule has 0 aromatic heterocycles. The van der Waals surface area contributed by atoms with Crippen molar-refractivity contribution < 1.29 is 19.0 Å². The average Bonchev–Trinajstić information content (AvgIpc) is 2.90. The standard InChI is InChI=1S/C12H15ClN4O4/c1-16(12(18)17(2)11(14)15)8-6(13)4-7-9(10(8)19-3)21-5-20-7/h4H,5H2,1-3H3,(H3,14,15). The molecule has 2 amide bonds. The van der Waals surface area contributed by atoms with Crippen LogP contribution < -0.4 is 24.8 Å². The number of nitrogens with one attached hydrogen (secondary N) is 1. The Morgan fingerprint density at radius 2 is 2.14 bits per heavy atom. The Hall–Kier alpha value is -2.35. The number of guanidine groups is 1. The van der Waals surface area contributed by atoms with Crippen LogP contribution in [0.2, 0.25) is 5.02 Å². The van der Waals surface area contributed by atoms with Crippen molar-refractivity contribution in [3.63, 3.8) is 0 Å². The summed E-state index contributed by atoms with van der Waals surface area (Å²) in [5.41, 5.74) is 5.61. The van der Waals surface area contributed by atoms with Gasteiger partial charge in [0, 0.05) is 20.2 Å². The largest absolute Gasteiger partial charge is 0.491 e. The monoisotopic (exact) mass is 314 g/mol. The van der Waals surface area contributed by atoms with E-state index in [-0.39, 0.29) is 23.5 Å². The number of hydrogen-bond donors (Lipinski definition) is 2. The van der Waals surface area contributed by atoms with Crippen molar-refractivity contribution in [1.29, 1.82) is 5.41 Å². The normalized spacial score (nSPS) is 12.0. The van der Waals surface area contributed by atoms with Crippen LogP contribution in [0.5, 0.6) is 17.2 Å². The second-order valence-corrected chi connectivity index (χ2v) is 4.67. The quantitative estimate of drug-likeness (QED) is 0.635. The van der Waals surface area contributed by atoms with Crippen molar-refractivity contribution >= 4 is 29.3 Å². The van der Waals surface area contributed by atoms with Gasteiger partial charge in [-0.2, -0.15) is 0 Å². The lowest BCUT2D eigenvalue weighted by Gasteiger charge is -2.26. The molecule has 0 saturated carbocycles. The summed E-state index contributed by atoms with van der Waals surface area (Å²) in [6.07, 6.45) is 0. The number of anilines is 1. The van der Waals surface area contributed by atoms with Gasteiger partial charge in [0.1, 0.15) is 5.69 Å². The third-order valence-corrected chi connectivity index (χ3v) is 3.31. The first-order valence-electron chi connectivity index (χ1n) is 5.90. The highest BCUT2D eigenvalue weighted by molar-refractivity contribution is 6.34. The van der Waals surface area contributed by atoms with Crippen LogP contribution in [-0.2, 0) is 0 Å². The van der Waals surface area contributed by atoms with Crippen LogP contribution in [-0.4, -0.2) is 44.9 Å². The minimum atomic E-state index is -0.540. The van der Waals surface area contributed by atoms with Gasteiger partial charge in [-0.1, -0.05) is 11.6 Å². The Bertz CT molecular complexity index is 607. The molecule has 1 aromatic rings. The smallest absolute Gasteiger partial charge is 0.330 e. The van der Waals surface area contributed by atoms with E-state index in [1.54, 1.807) is 6.07 Å². The minimum absolute atomic E-state index is 0.0521. The number of rotatable bonds is 2. The highest BCUT2D eigenvalue weighted by Gasteiger charge is 2.30. The summed E-state index contributed by atoms with van der Waals surface area (Å²) in [5, 5.41) is 7.56. The van der Waals surface area contributed by atoms with Crippen molar-refractivity contribution in [3.8, 4) is 17.2 Å². The van der Waals surface area contributed by atoms with Crippen LogP contribution in [0, 0.1) is 5.41 Å². The predicted octanol–water partition coefficient (Wildman–Crippen LogP) is 1.46. The molecule has 0 unspecified atom stereocenters. The Morgan fingerprint density at radius 1 is 1.48 bits per heavy atom. The van der Waals surface area contributed by atoms with E-state index in [1.807, 2.05) is 0 Å². The molecule has 3 N–H and O–H groups in total. The first-order valence-corrected chi connectivity index (χ1v) is 6.27. The molecule has 0 atom stereocenters. The average molecular weight is 315 g/mol. The third kappa shape index (κ3) is 2.49. The van der Waals surface area contributed by atoms with E-state index in [4.69, 9.17) is 37.0 Å². The van der Waals surface area contributed by atoms with Gasteiger partial charge in [-0.25, -0.2) is 4.79 Å². The summed E-state index contributed by atoms with van der Waals surface area (Å²) in [6, 6.07) is 1.00. The lowest BCUT2D eigenvalue weighted by Crippen LogP contribution is -2.45. The van der Waals surface area contributed by atoms with Crippen molar-refractivity contribution in [1.82, 2.24) is 4.90 Å². The second kappa shape index (κ2) is 5.57. The number of hydrogen-bond acceptors (Lipinski definition) is 5. The zero-order valence-electron chi connectivity index (χ0n) is 11.8. The molecule has 1 heterocycles. The molecule has 0 bridgehead atoms. The van der Waals surface area contributed by atoms with Crippen LogP contribution in [0.15, 0.2) is 6.07 Å². The summed E-state index contributed by atoms with van der Waals surface area (Å²) in [4.78, 5) is 14.4. The topological polar surface area (TPSA) is 101 Å². The van der Waals surface area contributed by atoms with Gasteiger partial charge in [-0.15, -0.1) is 0 Å². The molecule has 8 nitrogen and oxygen atoms in total. The van der Waals surface area contributed by atoms with Crippen molar-refractivity contribution in [2.45, 2.75) is 0 Å². The van der Waals surface area contributed by atoms with Crippen LogP contribution >= 0.6 is 11.6 Å². The van der Waals surface area contributed by atoms with E-state index < -0.39 is 6.03 Å². The van der Waals surface area contributed by atoms with Gasteiger partial charge >= 0.3 is 6.03 Å². The zero-order chi connectivity index (χ0) is 15.7. The van der Waals surface area contributed by atoms with Gasteiger partial charge in [0.15, 0.2) is 17.5 Å². The minimum Gasteiger partial charge on any atom is -0.491 e. The molecule has 0 saturated heterocycles. The van der Waals surface area contributed by atoms with Crippen molar-refractivity contribution in [2.24, 2.45) is 5.73 Å². The van der Waals surface area contributed by atoms with Gasteiger partial charge in [0.25, 0.3) is 0 Å². The fraction of sp³-hybridized carbons (Fsp3) is 0.333. The number of urea groups is 1. The molecule has 114 valence electrons. The van der Waals surface area contributed by atoms with E-state index in [1.165, 1.54) is 26.1 Å². The number of fused-ring (bicyclic) bond motifs is 1. The molecule has 1 aliphatic heterocycles. The van der Waals surface area contributed by atoms with E-state index in [9.17, 15) is 4.79 Å². The number of halogens is 1. The van der Waals surface area contributed by atoms with Crippen molar-refractivity contribution in [2.75, 3.05) is 32.9 Å². The maximum atomic E-state index is 12.3. The summed E-state index contributed by atoms with van der Waals surface area (Å²) in [7, 11) is 4.31. The number of amides is 2. The third-order valence-electron chi connectivity index (χ3n) is 3.02. The SMILES string of the molecule is COc1c2c(cc(Cl)c1N(C)C(=O)N(C)C(=N)N)OCO2. The Balaban J connectivity index is 2.48. The van der Waals surface area contributed by atoms with Gasteiger partial charge in [0.05, 0.1) is 12.1 Å². The molecule has 0 radical (unpaired) electrons. The van der Waals surface area contributed by atoms with E-state index in [2.05, 4.69) is 0 Å². The lowest BCUT2D eigenvalue weighted by atomic mass is 10.2. The maximum absolute atomic E-state index is 12.3. The van der Waals surface area contributed by atoms with Crippen LogP contribution in [0.1, 0.15) is 0 Å². The molecular weight excluding hydrogens is 300 g/mol. The van der Waals surface area contributed by atoms with Crippen LogP contribution in [0.3, 0.4) is 0 Å². The Labute approximate surface area is 126 Å². The van der Waals surface area contributed by atoms with Gasteiger partial charge < -0.3 is 19.9 Å². The molecule has 0 fully saturated rings. The van der Waals surface area contributed by atoms with Gasteiger partial charge in [-0.05, 0) is 0 Å². The van der Waals surface area contributed by atoms with Gasteiger partial charge in [0.2, 0.25) is 12.5 Å². The summed E-state index contributed by atoms with van der Waals surface area (Å²) in [5.74, 6) is 0.717. The Kier molecular flexibility index (Phi) is 3.99. The van der Waals surface area contributed by atoms with Crippen LogP contribution in [0.25, 0.3) is 0 Å². The number of methoxy groups -OCH3 is 1. The number of carbonyl (C=O) groups is 1. The maximum Gasteiger partial charge on any atom is 0.330 e. The number of benzene rings is 1. The molecule has 1 aromatic carbocycles. The first kappa shape index (κ1) is 15.0. The number of carbonyl (C=O) groups excluding carboxylic acids is 1. The van der Waals surface area contributed by atoms with E-state index >= 15 is 0 Å². The summed E-state index contributed by atoms with van der Waals surface area (Å²) >= 11 is 6.20. The number of nitrogens with zero attached hydrogens (tertiary/aromatic N) is 2. The summed E-state index contributed by atoms with van der Waals surface area (Å²) in [6.45, 7) is 0.0521. The highest BCUT2D eigenvalue weighted by Crippen LogP contribution is 2.50. The van der Waals surface area contributed by atoms with E-state index in [0.717, 1.165) is 4.90 Å². The van der Waals surface area contributed by atoms with E-state index in [0.29, 0.717) is 17.2 Å². The molecule has 1 aliphatic rings. The number of ether oxygens (including phenoxy) is 3. The zero-order valence-corrected chi connectivity index (χ0v) is 12.5. The second-order valence-electron chi connectivity index (χ2n) is 4.26. The molecule has 9 heteroatoms. The molecular formula is C12H15ClN4O4. The van der Waals surface area contributed by atoms with Gasteiger partial charge in [-0.3, -0.25) is 15.2 Å². The molecule has 0 spiro atoms. The Morgan fingerprint density at radius 3 is 2.71 bits per heavy atom. The molecule has 2 rings (SSSR count). The van der Waals surface area contributed by atoms with Crippen LogP contribution in [0.4, 0.5) is 10.5 Å². The molecule has 21 heavy (non-hydrogen) atoms. The summed E-state index contributed by atoms with van der Waals surface area (Å²) < 4.78 is 15.9. The fourth-order valence-corrected chi connectivity index (χ4v) is 2.21. The number of nitrogens with two attached hydrogens (primary N) is 1. The predicted molar refractivity (Wildman–Crippen MR) is 77.6 cm³/mol. The highest BCUT2D eigenvalue weighted by atomic mass is 35.5. The lowest BCUT2D eigenvalue weighted by molar-refractivity contribution is 0.171. The first-order chi connectivity index (χ1) is 9.88.